The summed E-state index contributed by atoms with van der Waals surface area (Å²) in [7, 11) is 2.15. The molecule has 0 bridgehead atoms. The summed E-state index contributed by atoms with van der Waals surface area (Å²) in [6.07, 6.45) is 0. The fraction of sp³-hybridized carbons (Fsp3) is 0.135. The minimum atomic E-state index is -0.167. The molecule has 1 aliphatic carbocycles. The van der Waals surface area contributed by atoms with Crippen LogP contribution in [0.2, 0.25) is 0 Å². The molecule has 0 spiro atoms. The third-order valence-corrected chi connectivity index (χ3v) is 12.4. The Labute approximate surface area is 341 Å². The van der Waals surface area contributed by atoms with Crippen LogP contribution >= 0.6 is 11.8 Å². The van der Waals surface area contributed by atoms with Gasteiger partial charge in [0.2, 0.25) is 0 Å². The van der Waals surface area contributed by atoms with E-state index in [1.165, 1.54) is 54.3 Å². The third kappa shape index (κ3) is 7.51. The van der Waals surface area contributed by atoms with Gasteiger partial charge in [0.05, 0.1) is 6.54 Å². The molecule has 0 amide bonds. The fourth-order valence-corrected chi connectivity index (χ4v) is 9.17. The quantitative estimate of drug-likeness (QED) is 0.109. The zero-order chi connectivity index (χ0) is 39.5. The largest absolute Gasteiger partial charge is 0.344 e. The summed E-state index contributed by atoms with van der Waals surface area (Å²) in [4.78, 5) is 19.2. The van der Waals surface area contributed by atoms with E-state index < -0.39 is 0 Å². The molecule has 0 atom stereocenters. The number of benzene rings is 7. The van der Waals surface area contributed by atoms with E-state index in [1.54, 1.807) is 0 Å². The number of amidine groups is 2. The smallest absolute Gasteiger partial charge is 0.161 e. The van der Waals surface area contributed by atoms with Crippen LogP contribution in [-0.4, -0.2) is 25.4 Å². The van der Waals surface area contributed by atoms with E-state index in [9.17, 15) is 0 Å². The van der Waals surface area contributed by atoms with Gasteiger partial charge < -0.3 is 4.90 Å². The van der Waals surface area contributed by atoms with Gasteiger partial charge in [0, 0.05) is 50.3 Å². The lowest BCUT2D eigenvalue weighted by atomic mass is 9.81. The second-order valence-electron chi connectivity index (χ2n) is 15.1. The highest BCUT2D eigenvalue weighted by atomic mass is 32.2. The number of aliphatic imine (C=N–C) groups is 3. The maximum atomic E-state index is 5.04. The normalized spacial score (nSPS) is 13.2. The van der Waals surface area contributed by atoms with Crippen molar-refractivity contribution in [2.45, 2.75) is 49.4 Å². The number of anilines is 2. The first-order valence-electron chi connectivity index (χ1n) is 19.4. The molecule has 0 aliphatic heterocycles. The molecule has 5 heteroatoms. The van der Waals surface area contributed by atoms with Crippen molar-refractivity contribution < 1.29 is 0 Å². The van der Waals surface area contributed by atoms with Gasteiger partial charge in [-0.25, -0.2) is 9.98 Å². The lowest BCUT2D eigenvalue weighted by Crippen LogP contribution is -2.17. The van der Waals surface area contributed by atoms with Crippen molar-refractivity contribution in [3.05, 3.63) is 203 Å². The van der Waals surface area contributed by atoms with Gasteiger partial charge in [0.15, 0.2) is 11.7 Å². The zero-order valence-electron chi connectivity index (χ0n) is 33.2. The van der Waals surface area contributed by atoms with Crippen molar-refractivity contribution in [3.63, 3.8) is 0 Å². The second-order valence-corrected chi connectivity index (χ2v) is 16.2. The van der Waals surface area contributed by atoms with Crippen molar-refractivity contribution in [2.75, 3.05) is 11.9 Å². The van der Waals surface area contributed by atoms with Crippen LogP contribution in [-0.2, 0) is 12.0 Å². The number of para-hydroxylation sites is 1. The average Bonchev–Trinajstić information content (AvgIpc) is 3.48. The highest BCUT2D eigenvalue weighted by molar-refractivity contribution is 7.99. The first kappa shape index (κ1) is 37.6. The van der Waals surface area contributed by atoms with E-state index in [4.69, 9.17) is 9.98 Å². The van der Waals surface area contributed by atoms with Gasteiger partial charge in [-0.1, -0.05) is 159 Å². The van der Waals surface area contributed by atoms with Gasteiger partial charge in [-0.05, 0) is 95.4 Å². The summed E-state index contributed by atoms with van der Waals surface area (Å²) >= 11 is 1.90. The summed E-state index contributed by atoms with van der Waals surface area (Å²) in [5, 5.41) is 0. The van der Waals surface area contributed by atoms with E-state index in [-0.39, 0.29) is 5.41 Å². The van der Waals surface area contributed by atoms with Crippen LogP contribution in [0.3, 0.4) is 0 Å². The van der Waals surface area contributed by atoms with Crippen LogP contribution in [0, 0.1) is 13.8 Å². The van der Waals surface area contributed by atoms with Crippen molar-refractivity contribution in [1.29, 1.82) is 0 Å². The number of fused-ring (bicyclic) bond motifs is 3. The molecule has 280 valence electrons. The fourth-order valence-electron chi connectivity index (χ4n) is 7.88. The van der Waals surface area contributed by atoms with E-state index in [0.717, 1.165) is 28.1 Å². The standard InChI is InChI=1S/C52H46N4S/c1-35-18-13-16-27-47(35)57-49-36(2)28-30-44-43-31-29-40(33-45(43)52(3,4)48(44)49)42-25-14-15-26-46(42)56(6)41-24-17-19-37(32-41)34-54-51(39-22-11-8-12-23-39)55-50(53-5)38-20-9-7-10-21-38/h7-33H,5,34H2,1-4,6H3. The lowest BCUT2D eigenvalue weighted by molar-refractivity contribution is 0.645. The van der Waals surface area contributed by atoms with E-state index >= 15 is 0 Å². The molecular weight excluding hydrogens is 713 g/mol. The molecule has 7 aromatic rings. The Morgan fingerprint density at radius 2 is 1.30 bits per heavy atom. The molecule has 0 heterocycles. The molecule has 0 saturated heterocycles. The van der Waals surface area contributed by atoms with Gasteiger partial charge in [-0.15, -0.1) is 0 Å². The summed E-state index contributed by atoms with van der Waals surface area (Å²) < 4.78 is 0. The third-order valence-electron chi connectivity index (χ3n) is 11.0. The Bertz CT molecular complexity index is 2660. The summed E-state index contributed by atoms with van der Waals surface area (Å²) in [5.41, 5.74) is 15.4. The molecule has 7 aromatic carbocycles. The molecule has 57 heavy (non-hydrogen) atoms. The Balaban J connectivity index is 1.11. The minimum Gasteiger partial charge on any atom is -0.344 e. The lowest BCUT2D eigenvalue weighted by Gasteiger charge is -2.26. The molecule has 0 radical (unpaired) electrons. The van der Waals surface area contributed by atoms with Gasteiger partial charge in [0.1, 0.15) is 0 Å². The van der Waals surface area contributed by atoms with Crippen molar-refractivity contribution in [2.24, 2.45) is 15.0 Å². The Kier molecular flexibility index (Phi) is 10.6. The van der Waals surface area contributed by atoms with Gasteiger partial charge in [0.25, 0.3) is 0 Å². The Hall–Kier alpha value is -6.30. The van der Waals surface area contributed by atoms with Gasteiger partial charge in [-0.2, -0.15) is 0 Å². The summed E-state index contributed by atoms with van der Waals surface area (Å²) in [6, 6.07) is 57.6. The average molecular weight is 759 g/mol. The van der Waals surface area contributed by atoms with Crippen LogP contribution in [0.5, 0.6) is 0 Å². The monoisotopic (exact) mass is 758 g/mol. The molecule has 0 N–H and O–H groups in total. The van der Waals surface area contributed by atoms with Crippen molar-refractivity contribution in [1.82, 2.24) is 0 Å². The Morgan fingerprint density at radius 1 is 0.632 bits per heavy atom. The van der Waals surface area contributed by atoms with Crippen LogP contribution < -0.4 is 4.90 Å². The van der Waals surface area contributed by atoms with E-state index in [2.05, 4.69) is 154 Å². The zero-order valence-corrected chi connectivity index (χ0v) is 34.0. The maximum Gasteiger partial charge on any atom is 0.161 e. The van der Waals surface area contributed by atoms with Crippen LogP contribution in [0.4, 0.5) is 11.4 Å². The molecule has 0 aromatic heterocycles. The van der Waals surface area contributed by atoms with Crippen LogP contribution in [0.25, 0.3) is 22.3 Å². The van der Waals surface area contributed by atoms with E-state index in [1.807, 2.05) is 72.4 Å². The minimum absolute atomic E-state index is 0.167. The van der Waals surface area contributed by atoms with Crippen LogP contribution in [0.15, 0.2) is 189 Å². The number of hydrogen-bond acceptors (Lipinski definition) is 3. The first-order valence-corrected chi connectivity index (χ1v) is 20.2. The molecule has 0 fully saturated rings. The summed E-state index contributed by atoms with van der Waals surface area (Å²) in [5.74, 6) is 1.16. The van der Waals surface area contributed by atoms with Crippen molar-refractivity contribution in [3.8, 4) is 22.3 Å². The van der Waals surface area contributed by atoms with Gasteiger partial charge in [-0.3, -0.25) is 4.99 Å². The van der Waals surface area contributed by atoms with Gasteiger partial charge >= 0.3 is 0 Å². The summed E-state index contributed by atoms with van der Waals surface area (Å²) in [6.45, 7) is 13.5. The molecule has 8 rings (SSSR count). The van der Waals surface area contributed by atoms with Crippen molar-refractivity contribution >= 4 is 41.5 Å². The molecule has 0 saturated carbocycles. The molecular formula is C52H46N4S. The molecule has 1 aliphatic rings. The highest BCUT2D eigenvalue weighted by Gasteiger charge is 2.38. The predicted molar refractivity (Wildman–Crippen MR) is 243 cm³/mol. The number of rotatable bonds is 9. The number of aryl methyl sites for hydroxylation is 2. The first-order chi connectivity index (χ1) is 27.7. The highest BCUT2D eigenvalue weighted by Crippen LogP contribution is 2.54. The molecule has 0 unspecified atom stereocenters. The number of nitrogens with zero attached hydrogens (tertiary/aromatic N) is 4. The maximum absolute atomic E-state index is 5.04. The Morgan fingerprint density at radius 3 is 2.04 bits per heavy atom. The topological polar surface area (TPSA) is 40.3 Å². The van der Waals surface area contributed by atoms with E-state index in [0.29, 0.717) is 18.2 Å². The number of hydrogen-bond donors (Lipinski definition) is 0. The SMILES string of the molecule is C=NC(=NC(=NCc1cccc(N(C)c2ccccc2-c2ccc3c(c2)C(C)(C)c2c-3ccc(C)c2Sc2ccccc2C)c1)c1ccccc1)c1ccccc1. The second kappa shape index (κ2) is 16.0. The molecule has 4 nitrogen and oxygen atoms in total. The van der Waals surface area contributed by atoms with Crippen LogP contribution in [0.1, 0.15) is 52.8 Å². The predicted octanol–water partition coefficient (Wildman–Crippen LogP) is 13.3.